The number of nitrogens with one attached hydrogen (secondary N) is 1. The molecule has 6 heteroatoms. The largest absolute Gasteiger partial charge is 0.494 e. The molecular weight excluding hydrogens is 364 g/mol. The SMILES string of the molecule is CCCCCNC(=O)c1ccc(OCCCn2nnc3cc(C)c(C)cc32)cc1. The molecule has 0 saturated carbocycles. The van der Waals surface area contributed by atoms with Crippen molar-refractivity contribution in [1.29, 1.82) is 0 Å². The highest BCUT2D eigenvalue weighted by molar-refractivity contribution is 5.94. The number of hydrogen-bond acceptors (Lipinski definition) is 4. The van der Waals surface area contributed by atoms with E-state index in [1.807, 2.05) is 16.8 Å². The minimum Gasteiger partial charge on any atom is -0.494 e. The van der Waals surface area contributed by atoms with Crippen LogP contribution in [0.25, 0.3) is 11.0 Å². The maximum Gasteiger partial charge on any atom is 0.251 e. The third-order valence-corrected chi connectivity index (χ3v) is 5.09. The van der Waals surface area contributed by atoms with E-state index in [0.717, 1.165) is 55.6 Å². The Balaban J connectivity index is 1.45. The second-order valence-electron chi connectivity index (χ2n) is 7.43. The molecule has 0 aliphatic carbocycles. The Hall–Kier alpha value is -2.89. The van der Waals surface area contributed by atoms with Crippen LogP contribution in [-0.4, -0.2) is 34.1 Å². The molecule has 1 N–H and O–H groups in total. The van der Waals surface area contributed by atoms with Crippen LogP contribution in [0.4, 0.5) is 0 Å². The summed E-state index contributed by atoms with van der Waals surface area (Å²) in [5.74, 6) is 0.735. The smallest absolute Gasteiger partial charge is 0.251 e. The fraction of sp³-hybridized carbons (Fsp3) is 0.435. The van der Waals surface area contributed by atoms with Crippen molar-refractivity contribution in [2.75, 3.05) is 13.2 Å². The van der Waals surface area contributed by atoms with E-state index < -0.39 is 0 Å². The van der Waals surface area contributed by atoms with Crippen molar-refractivity contribution < 1.29 is 9.53 Å². The first-order valence-electron chi connectivity index (χ1n) is 10.4. The van der Waals surface area contributed by atoms with Gasteiger partial charge in [-0.25, -0.2) is 4.68 Å². The Bertz CT molecular complexity index is 947. The summed E-state index contributed by atoms with van der Waals surface area (Å²) >= 11 is 0. The quantitative estimate of drug-likeness (QED) is 0.516. The lowest BCUT2D eigenvalue weighted by molar-refractivity contribution is 0.0953. The number of rotatable bonds is 10. The zero-order valence-corrected chi connectivity index (χ0v) is 17.6. The van der Waals surface area contributed by atoms with Crippen molar-refractivity contribution in [1.82, 2.24) is 20.3 Å². The highest BCUT2D eigenvalue weighted by atomic mass is 16.5. The van der Waals surface area contributed by atoms with E-state index in [9.17, 15) is 4.79 Å². The van der Waals surface area contributed by atoms with E-state index in [-0.39, 0.29) is 5.91 Å². The molecule has 29 heavy (non-hydrogen) atoms. The average Bonchev–Trinajstić information content (AvgIpc) is 3.11. The predicted octanol–water partition coefficient (Wildman–Crippen LogP) is 4.44. The summed E-state index contributed by atoms with van der Waals surface area (Å²) in [6.07, 6.45) is 4.12. The van der Waals surface area contributed by atoms with Crippen molar-refractivity contribution in [2.24, 2.45) is 0 Å². The van der Waals surface area contributed by atoms with E-state index in [2.05, 4.69) is 48.5 Å². The van der Waals surface area contributed by atoms with E-state index in [1.165, 1.54) is 11.1 Å². The second-order valence-corrected chi connectivity index (χ2v) is 7.43. The number of fused-ring (bicyclic) bond motifs is 1. The second kappa shape index (κ2) is 10.0. The number of aromatic nitrogens is 3. The summed E-state index contributed by atoms with van der Waals surface area (Å²) in [5, 5.41) is 11.5. The molecule has 0 spiro atoms. The number of nitrogens with zero attached hydrogens (tertiary/aromatic N) is 3. The van der Waals surface area contributed by atoms with Crippen LogP contribution in [0.15, 0.2) is 36.4 Å². The molecule has 0 unspecified atom stereocenters. The first kappa shape index (κ1) is 20.8. The molecule has 0 fully saturated rings. The van der Waals surface area contributed by atoms with Crippen molar-refractivity contribution in [2.45, 2.75) is 53.0 Å². The van der Waals surface area contributed by atoms with Crippen LogP contribution in [-0.2, 0) is 6.54 Å². The first-order chi connectivity index (χ1) is 14.1. The molecule has 3 aromatic rings. The highest BCUT2D eigenvalue weighted by Gasteiger charge is 2.07. The van der Waals surface area contributed by atoms with Crippen molar-refractivity contribution >= 4 is 16.9 Å². The third kappa shape index (κ3) is 5.56. The van der Waals surface area contributed by atoms with Crippen LogP contribution in [0.2, 0.25) is 0 Å². The summed E-state index contributed by atoms with van der Waals surface area (Å²) < 4.78 is 7.74. The van der Waals surface area contributed by atoms with Crippen LogP contribution in [0.3, 0.4) is 0 Å². The Morgan fingerprint density at radius 2 is 1.83 bits per heavy atom. The van der Waals surface area contributed by atoms with Crippen LogP contribution < -0.4 is 10.1 Å². The molecule has 0 aliphatic heterocycles. The minimum absolute atomic E-state index is 0.0313. The van der Waals surface area contributed by atoms with Crippen LogP contribution in [0, 0.1) is 13.8 Å². The van der Waals surface area contributed by atoms with Gasteiger partial charge in [0, 0.05) is 25.1 Å². The molecule has 0 aliphatic rings. The molecule has 1 heterocycles. The number of ether oxygens (including phenoxy) is 1. The number of amides is 1. The van der Waals surface area contributed by atoms with Gasteiger partial charge in [0.15, 0.2) is 0 Å². The summed E-state index contributed by atoms with van der Waals surface area (Å²) in [6.45, 7) is 8.39. The lowest BCUT2D eigenvalue weighted by atomic mass is 10.1. The summed E-state index contributed by atoms with van der Waals surface area (Å²) in [7, 11) is 0. The molecule has 154 valence electrons. The monoisotopic (exact) mass is 394 g/mol. The number of unbranched alkanes of at least 4 members (excludes halogenated alkanes) is 2. The summed E-state index contributed by atoms with van der Waals surface area (Å²) in [4.78, 5) is 12.1. The Morgan fingerprint density at radius 1 is 1.07 bits per heavy atom. The molecule has 0 bridgehead atoms. The number of carbonyl (C=O) groups excluding carboxylic acids is 1. The molecular formula is C23H30N4O2. The van der Waals surface area contributed by atoms with Gasteiger partial charge in [-0.15, -0.1) is 5.10 Å². The zero-order chi connectivity index (χ0) is 20.6. The van der Waals surface area contributed by atoms with Gasteiger partial charge in [0.1, 0.15) is 11.3 Å². The van der Waals surface area contributed by atoms with Crippen LogP contribution >= 0.6 is 0 Å². The maximum absolute atomic E-state index is 12.1. The van der Waals surface area contributed by atoms with Crippen molar-refractivity contribution in [3.8, 4) is 5.75 Å². The third-order valence-electron chi connectivity index (χ3n) is 5.09. The molecule has 0 radical (unpaired) electrons. The van der Waals surface area contributed by atoms with E-state index in [1.54, 1.807) is 12.1 Å². The van der Waals surface area contributed by atoms with Gasteiger partial charge in [-0.2, -0.15) is 0 Å². The standard InChI is InChI=1S/C23H30N4O2/c1-4-5-6-12-24-23(28)19-8-10-20(11-9-19)29-14-7-13-27-22-16-18(3)17(2)15-21(22)25-26-27/h8-11,15-16H,4-7,12-14H2,1-3H3,(H,24,28). The molecule has 3 rings (SSSR count). The fourth-order valence-corrected chi connectivity index (χ4v) is 3.17. The molecule has 0 saturated heterocycles. The topological polar surface area (TPSA) is 69.0 Å². The normalized spacial score (nSPS) is 11.0. The lowest BCUT2D eigenvalue weighted by Crippen LogP contribution is -2.24. The number of hydrogen-bond donors (Lipinski definition) is 1. The van der Waals surface area contributed by atoms with Gasteiger partial charge in [0.05, 0.1) is 12.1 Å². The molecule has 2 aromatic carbocycles. The first-order valence-corrected chi connectivity index (χ1v) is 10.4. The van der Waals surface area contributed by atoms with Gasteiger partial charge < -0.3 is 10.1 Å². The Kier molecular flexibility index (Phi) is 7.22. The maximum atomic E-state index is 12.1. The number of aryl methyl sites for hydroxylation is 3. The van der Waals surface area contributed by atoms with Crippen LogP contribution in [0.5, 0.6) is 5.75 Å². The minimum atomic E-state index is -0.0313. The zero-order valence-electron chi connectivity index (χ0n) is 17.6. The van der Waals surface area contributed by atoms with Gasteiger partial charge >= 0.3 is 0 Å². The summed E-state index contributed by atoms with van der Waals surface area (Å²) in [5.41, 5.74) is 5.12. The molecule has 0 atom stereocenters. The van der Waals surface area contributed by atoms with E-state index >= 15 is 0 Å². The van der Waals surface area contributed by atoms with Crippen molar-refractivity contribution in [3.63, 3.8) is 0 Å². The van der Waals surface area contributed by atoms with Gasteiger partial charge in [-0.05, 0) is 67.8 Å². The molecule has 6 nitrogen and oxygen atoms in total. The van der Waals surface area contributed by atoms with Gasteiger partial charge in [-0.1, -0.05) is 25.0 Å². The summed E-state index contributed by atoms with van der Waals surface area (Å²) in [6, 6.07) is 11.5. The number of benzene rings is 2. The molecule has 1 amide bonds. The van der Waals surface area contributed by atoms with Crippen LogP contribution in [0.1, 0.15) is 54.1 Å². The Morgan fingerprint density at radius 3 is 2.59 bits per heavy atom. The molecule has 1 aromatic heterocycles. The Labute approximate surface area is 172 Å². The van der Waals surface area contributed by atoms with Gasteiger partial charge in [0.2, 0.25) is 0 Å². The van der Waals surface area contributed by atoms with Gasteiger partial charge in [0.25, 0.3) is 5.91 Å². The number of carbonyl (C=O) groups is 1. The average molecular weight is 395 g/mol. The van der Waals surface area contributed by atoms with E-state index in [4.69, 9.17) is 4.74 Å². The van der Waals surface area contributed by atoms with E-state index in [0.29, 0.717) is 12.2 Å². The lowest BCUT2D eigenvalue weighted by Gasteiger charge is -2.08. The predicted molar refractivity (Wildman–Crippen MR) is 115 cm³/mol. The van der Waals surface area contributed by atoms with Crippen molar-refractivity contribution in [3.05, 3.63) is 53.1 Å². The fourth-order valence-electron chi connectivity index (χ4n) is 3.17. The van der Waals surface area contributed by atoms with Gasteiger partial charge in [-0.3, -0.25) is 4.79 Å². The highest BCUT2D eigenvalue weighted by Crippen LogP contribution is 2.18.